The smallest absolute Gasteiger partial charge is 0.314 e. The molecule has 0 aromatic heterocycles. The van der Waals surface area contributed by atoms with Crippen molar-refractivity contribution < 1.29 is 13.2 Å². The fourth-order valence-corrected chi connectivity index (χ4v) is 2.70. The minimum absolute atomic E-state index is 0. The van der Waals surface area contributed by atoms with Crippen LogP contribution in [0.3, 0.4) is 0 Å². The Balaban J connectivity index is 0.00000220. The Bertz CT molecular complexity index is 486. The molecule has 0 amide bonds. The van der Waals surface area contributed by atoms with Crippen molar-refractivity contribution >= 4 is 24.0 Å². The van der Waals surface area contributed by atoms with Gasteiger partial charge >= 0.3 is 6.18 Å². The summed E-state index contributed by atoms with van der Waals surface area (Å²) in [7, 11) is 0. The highest BCUT2D eigenvalue weighted by molar-refractivity contribution is 6.31. The first-order valence-corrected chi connectivity index (χ1v) is 6.75. The molecular formula is C14H17Cl2F3N2. The predicted molar refractivity (Wildman–Crippen MR) is 81.1 cm³/mol. The van der Waals surface area contributed by atoms with Crippen LogP contribution >= 0.6 is 24.0 Å². The second-order valence-electron chi connectivity index (χ2n) is 4.70. The van der Waals surface area contributed by atoms with Gasteiger partial charge in [-0.3, -0.25) is 4.90 Å². The summed E-state index contributed by atoms with van der Waals surface area (Å²) in [5, 5.41) is 2.97. The molecule has 1 aromatic rings. The Morgan fingerprint density at radius 2 is 1.90 bits per heavy atom. The van der Waals surface area contributed by atoms with Gasteiger partial charge in [0.2, 0.25) is 0 Å². The SMILES string of the molecule is C=C[C@@H](c1ccc(C(F)(F)F)c(Cl)c1)N1CCNCC1.Cl. The van der Waals surface area contributed by atoms with Gasteiger partial charge in [-0.05, 0) is 17.7 Å². The van der Waals surface area contributed by atoms with Crippen LogP contribution in [-0.2, 0) is 6.18 Å². The van der Waals surface area contributed by atoms with Gasteiger partial charge in [-0.15, -0.1) is 19.0 Å². The number of halogens is 5. The molecule has 1 aliphatic heterocycles. The zero-order valence-corrected chi connectivity index (χ0v) is 12.9. The lowest BCUT2D eigenvalue weighted by Gasteiger charge is -2.33. The van der Waals surface area contributed by atoms with Crippen LogP contribution in [-0.4, -0.2) is 31.1 Å². The molecule has 7 heteroatoms. The number of nitrogens with zero attached hydrogens (tertiary/aromatic N) is 1. The maximum Gasteiger partial charge on any atom is 0.417 e. The van der Waals surface area contributed by atoms with Crippen molar-refractivity contribution in [2.45, 2.75) is 12.2 Å². The van der Waals surface area contributed by atoms with Gasteiger partial charge in [-0.2, -0.15) is 13.2 Å². The van der Waals surface area contributed by atoms with Crippen molar-refractivity contribution in [2.24, 2.45) is 0 Å². The van der Waals surface area contributed by atoms with Gasteiger partial charge in [-0.25, -0.2) is 0 Å². The van der Waals surface area contributed by atoms with E-state index in [-0.39, 0.29) is 23.5 Å². The second-order valence-corrected chi connectivity index (χ2v) is 5.11. The van der Waals surface area contributed by atoms with Gasteiger partial charge in [0.25, 0.3) is 0 Å². The van der Waals surface area contributed by atoms with Crippen LogP contribution in [0.2, 0.25) is 5.02 Å². The molecule has 1 heterocycles. The molecule has 1 fully saturated rings. The molecular weight excluding hydrogens is 324 g/mol. The lowest BCUT2D eigenvalue weighted by molar-refractivity contribution is -0.137. The van der Waals surface area contributed by atoms with E-state index in [0.29, 0.717) is 0 Å². The summed E-state index contributed by atoms with van der Waals surface area (Å²) in [5.41, 5.74) is -0.0639. The van der Waals surface area contributed by atoms with Crippen molar-refractivity contribution in [3.05, 3.63) is 47.0 Å². The van der Waals surface area contributed by atoms with E-state index in [4.69, 9.17) is 11.6 Å². The second kappa shape index (κ2) is 7.49. The normalized spacial score (nSPS) is 17.9. The van der Waals surface area contributed by atoms with Crippen molar-refractivity contribution in [2.75, 3.05) is 26.2 Å². The molecule has 118 valence electrons. The summed E-state index contributed by atoms with van der Waals surface area (Å²) in [6.07, 6.45) is -2.68. The monoisotopic (exact) mass is 340 g/mol. The third-order valence-electron chi connectivity index (χ3n) is 3.41. The number of benzene rings is 1. The van der Waals surface area contributed by atoms with E-state index >= 15 is 0 Å². The van der Waals surface area contributed by atoms with E-state index in [9.17, 15) is 13.2 Å². The fourth-order valence-electron chi connectivity index (χ4n) is 2.40. The number of hydrogen-bond acceptors (Lipinski definition) is 2. The number of piperazine rings is 1. The summed E-state index contributed by atoms with van der Waals surface area (Å²) in [4.78, 5) is 2.17. The van der Waals surface area contributed by atoms with Crippen molar-refractivity contribution in [3.8, 4) is 0 Å². The van der Waals surface area contributed by atoms with Crippen LogP contribution in [0.25, 0.3) is 0 Å². The van der Waals surface area contributed by atoms with E-state index in [2.05, 4.69) is 16.8 Å². The third kappa shape index (κ3) is 4.36. The van der Waals surface area contributed by atoms with Gasteiger partial charge in [0, 0.05) is 26.2 Å². The molecule has 1 saturated heterocycles. The van der Waals surface area contributed by atoms with Gasteiger partial charge in [0.1, 0.15) is 0 Å². The molecule has 0 aliphatic carbocycles. The van der Waals surface area contributed by atoms with Crippen LogP contribution in [0.15, 0.2) is 30.9 Å². The van der Waals surface area contributed by atoms with Crippen LogP contribution in [0, 0.1) is 0 Å². The maximum atomic E-state index is 12.7. The Labute approximate surface area is 133 Å². The van der Waals surface area contributed by atoms with Crippen molar-refractivity contribution in [3.63, 3.8) is 0 Å². The summed E-state index contributed by atoms with van der Waals surface area (Å²) >= 11 is 5.77. The zero-order chi connectivity index (χ0) is 14.8. The highest BCUT2D eigenvalue weighted by Gasteiger charge is 2.33. The van der Waals surface area contributed by atoms with Crippen LogP contribution in [0.4, 0.5) is 13.2 Å². The lowest BCUT2D eigenvalue weighted by atomic mass is 10.0. The van der Waals surface area contributed by atoms with E-state index < -0.39 is 11.7 Å². The van der Waals surface area contributed by atoms with Gasteiger partial charge in [-0.1, -0.05) is 23.7 Å². The average Bonchev–Trinajstić information content (AvgIpc) is 2.39. The molecule has 0 spiro atoms. The molecule has 21 heavy (non-hydrogen) atoms. The molecule has 0 radical (unpaired) electrons. The first-order chi connectivity index (χ1) is 9.43. The molecule has 0 saturated carbocycles. The van der Waals surface area contributed by atoms with E-state index in [1.165, 1.54) is 12.1 Å². The largest absolute Gasteiger partial charge is 0.417 e. The first-order valence-electron chi connectivity index (χ1n) is 6.37. The lowest BCUT2D eigenvalue weighted by Crippen LogP contribution is -2.44. The Kier molecular flexibility index (Phi) is 6.53. The third-order valence-corrected chi connectivity index (χ3v) is 3.72. The van der Waals surface area contributed by atoms with Crippen LogP contribution in [0.1, 0.15) is 17.2 Å². The van der Waals surface area contributed by atoms with Gasteiger partial charge in [0.15, 0.2) is 0 Å². The van der Waals surface area contributed by atoms with E-state index in [1.54, 1.807) is 6.08 Å². The standard InChI is InChI=1S/C14H16ClF3N2.ClH/c1-2-13(20-7-5-19-6-8-20)10-3-4-11(12(15)9-10)14(16,17)18;/h2-4,9,13,19H,1,5-8H2;1H/t13-;/m0./s1. The topological polar surface area (TPSA) is 15.3 Å². The summed E-state index contributed by atoms with van der Waals surface area (Å²) in [5.74, 6) is 0. The minimum atomic E-state index is -4.42. The van der Waals surface area contributed by atoms with E-state index in [0.717, 1.165) is 37.8 Å². The Morgan fingerprint density at radius 3 is 2.38 bits per heavy atom. The zero-order valence-electron chi connectivity index (χ0n) is 11.3. The number of nitrogens with one attached hydrogen (secondary N) is 1. The van der Waals surface area contributed by atoms with Crippen LogP contribution in [0.5, 0.6) is 0 Å². The van der Waals surface area contributed by atoms with Crippen molar-refractivity contribution in [1.82, 2.24) is 10.2 Å². The quantitative estimate of drug-likeness (QED) is 0.839. The van der Waals surface area contributed by atoms with Crippen molar-refractivity contribution in [1.29, 1.82) is 0 Å². The van der Waals surface area contributed by atoms with Crippen LogP contribution < -0.4 is 5.32 Å². The first kappa shape index (κ1) is 18.3. The molecule has 0 bridgehead atoms. The number of alkyl halides is 3. The fraction of sp³-hybridized carbons (Fsp3) is 0.429. The van der Waals surface area contributed by atoms with Gasteiger partial charge in [0.05, 0.1) is 16.6 Å². The molecule has 1 aromatic carbocycles. The van der Waals surface area contributed by atoms with E-state index in [1.807, 2.05) is 0 Å². The molecule has 1 atom stereocenters. The van der Waals surface area contributed by atoms with Gasteiger partial charge < -0.3 is 5.32 Å². The summed E-state index contributed by atoms with van der Waals surface area (Å²) < 4.78 is 38.1. The molecule has 0 unspecified atom stereocenters. The maximum absolute atomic E-state index is 12.7. The Morgan fingerprint density at radius 1 is 1.29 bits per heavy atom. The number of rotatable bonds is 3. The molecule has 2 rings (SSSR count). The highest BCUT2D eigenvalue weighted by atomic mass is 35.5. The molecule has 1 N–H and O–H groups in total. The Hall–Kier alpha value is -0.750. The minimum Gasteiger partial charge on any atom is -0.314 e. The molecule has 2 nitrogen and oxygen atoms in total. The number of hydrogen-bond donors (Lipinski definition) is 1. The molecule has 1 aliphatic rings. The average molecular weight is 341 g/mol. The summed E-state index contributed by atoms with van der Waals surface area (Å²) in [6, 6.07) is 3.79. The summed E-state index contributed by atoms with van der Waals surface area (Å²) in [6.45, 7) is 7.16. The highest BCUT2D eigenvalue weighted by Crippen LogP contribution is 2.36. The predicted octanol–water partition coefficient (Wildman–Crippen LogP) is 3.91.